The SMILES string of the molecule is C=C(C)COCCNC(=O)C(CC)CCCC. The zero-order valence-corrected chi connectivity index (χ0v) is 11.6. The van der Waals surface area contributed by atoms with Crippen molar-refractivity contribution in [3.05, 3.63) is 12.2 Å². The number of hydrogen-bond acceptors (Lipinski definition) is 2. The van der Waals surface area contributed by atoms with Crippen molar-refractivity contribution in [3.63, 3.8) is 0 Å². The largest absolute Gasteiger partial charge is 0.375 e. The minimum absolute atomic E-state index is 0.163. The molecule has 0 rings (SSSR count). The van der Waals surface area contributed by atoms with Crippen LogP contribution in [0.4, 0.5) is 0 Å². The lowest BCUT2D eigenvalue weighted by molar-refractivity contribution is -0.125. The summed E-state index contributed by atoms with van der Waals surface area (Å²) in [6, 6.07) is 0. The van der Waals surface area contributed by atoms with Crippen molar-refractivity contribution in [1.29, 1.82) is 0 Å². The fourth-order valence-corrected chi connectivity index (χ4v) is 1.61. The van der Waals surface area contributed by atoms with Gasteiger partial charge >= 0.3 is 0 Å². The predicted molar refractivity (Wildman–Crippen MR) is 71.9 cm³/mol. The van der Waals surface area contributed by atoms with Gasteiger partial charge in [-0.1, -0.05) is 38.8 Å². The zero-order valence-electron chi connectivity index (χ0n) is 11.6. The lowest BCUT2D eigenvalue weighted by Gasteiger charge is -2.14. The van der Waals surface area contributed by atoms with Crippen LogP contribution in [-0.2, 0) is 9.53 Å². The molecular formula is C14H27NO2. The van der Waals surface area contributed by atoms with E-state index in [2.05, 4.69) is 25.7 Å². The second-order valence-electron chi connectivity index (χ2n) is 4.55. The monoisotopic (exact) mass is 241 g/mol. The molecule has 0 heterocycles. The van der Waals surface area contributed by atoms with Crippen molar-refractivity contribution in [1.82, 2.24) is 5.32 Å². The van der Waals surface area contributed by atoms with Gasteiger partial charge in [0.2, 0.25) is 5.91 Å². The molecule has 0 aliphatic heterocycles. The van der Waals surface area contributed by atoms with E-state index in [1.165, 1.54) is 0 Å². The van der Waals surface area contributed by atoms with Crippen molar-refractivity contribution in [2.24, 2.45) is 5.92 Å². The van der Waals surface area contributed by atoms with Gasteiger partial charge in [-0.15, -0.1) is 0 Å². The number of carbonyl (C=O) groups is 1. The molecule has 0 spiro atoms. The Hall–Kier alpha value is -0.830. The van der Waals surface area contributed by atoms with E-state index in [1.807, 2.05) is 6.92 Å². The Morgan fingerprint density at radius 2 is 2.12 bits per heavy atom. The van der Waals surface area contributed by atoms with Gasteiger partial charge in [-0.3, -0.25) is 4.79 Å². The highest BCUT2D eigenvalue weighted by molar-refractivity contribution is 5.78. The van der Waals surface area contributed by atoms with E-state index in [0.717, 1.165) is 31.3 Å². The average molecular weight is 241 g/mol. The van der Waals surface area contributed by atoms with E-state index < -0.39 is 0 Å². The summed E-state index contributed by atoms with van der Waals surface area (Å²) in [7, 11) is 0. The smallest absolute Gasteiger partial charge is 0.223 e. The lowest BCUT2D eigenvalue weighted by Crippen LogP contribution is -2.33. The standard InChI is InChI=1S/C14H27NO2/c1-5-7-8-13(6-2)14(16)15-9-10-17-11-12(3)4/h13H,3,5-11H2,1-2,4H3,(H,15,16). The Balaban J connectivity index is 3.64. The molecule has 0 aromatic rings. The van der Waals surface area contributed by atoms with Crippen molar-refractivity contribution >= 4 is 5.91 Å². The van der Waals surface area contributed by atoms with E-state index >= 15 is 0 Å². The van der Waals surface area contributed by atoms with E-state index in [0.29, 0.717) is 19.8 Å². The van der Waals surface area contributed by atoms with Gasteiger partial charge in [-0.2, -0.15) is 0 Å². The van der Waals surface area contributed by atoms with Crippen LogP contribution in [0.15, 0.2) is 12.2 Å². The first-order valence-corrected chi connectivity index (χ1v) is 6.61. The molecule has 1 atom stereocenters. The molecule has 0 radical (unpaired) electrons. The molecule has 1 unspecified atom stereocenters. The number of rotatable bonds is 10. The summed E-state index contributed by atoms with van der Waals surface area (Å²) in [5.41, 5.74) is 1.01. The first-order valence-electron chi connectivity index (χ1n) is 6.61. The van der Waals surface area contributed by atoms with Gasteiger partial charge in [0.1, 0.15) is 0 Å². The van der Waals surface area contributed by atoms with Crippen LogP contribution in [0.25, 0.3) is 0 Å². The molecular weight excluding hydrogens is 214 g/mol. The highest BCUT2D eigenvalue weighted by Gasteiger charge is 2.14. The maximum Gasteiger partial charge on any atom is 0.223 e. The normalized spacial score (nSPS) is 12.2. The van der Waals surface area contributed by atoms with Crippen molar-refractivity contribution < 1.29 is 9.53 Å². The number of unbranched alkanes of at least 4 members (excludes halogenated alkanes) is 1. The van der Waals surface area contributed by atoms with Gasteiger partial charge in [0.25, 0.3) is 0 Å². The number of ether oxygens (including phenoxy) is 1. The number of carbonyl (C=O) groups excluding carboxylic acids is 1. The molecule has 0 bridgehead atoms. The van der Waals surface area contributed by atoms with E-state index in [9.17, 15) is 4.79 Å². The molecule has 17 heavy (non-hydrogen) atoms. The number of amides is 1. The van der Waals surface area contributed by atoms with E-state index in [4.69, 9.17) is 4.74 Å². The molecule has 0 saturated carbocycles. The van der Waals surface area contributed by atoms with Gasteiger partial charge in [0.05, 0.1) is 13.2 Å². The Labute approximate surface area is 106 Å². The molecule has 0 aliphatic rings. The molecule has 0 fully saturated rings. The molecule has 1 amide bonds. The van der Waals surface area contributed by atoms with Gasteiger partial charge in [-0.25, -0.2) is 0 Å². The third kappa shape index (κ3) is 8.93. The van der Waals surface area contributed by atoms with Gasteiger partial charge < -0.3 is 10.1 Å². The van der Waals surface area contributed by atoms with Crippen LogP contribution >= 0.6 is 0 Å². The molecule has 0 aliphatic carbocycles. The van der Waals surface area contributed by atoms with Crippen molar-refractivity contribution in [2.75, 3.05) is 19.8 Å². The maximum atomic E-state index is 11.8. The molecule has 100 valence electrons. The number of nitrogens with one attached hydrogen (secondary N) is 1. The summed E-state index contributed by atoms with van der Waals surface area (Å²) in [4.78, 5) is 11.8. The molecule has 0 aromatic heterocycles. The van der Waals surface area contributed by atoms with E-state index in [-0.39, 0.29) is 11.8 Å². The predicted octanol–water partition coefficient (Wildman–Crippen LogP) is 2.91. The summed E-state index contributed by atoms with van der Waals surface area (Å²) in [5.74, 6) is 0.330. The molecule has 0 saturated heterocycles. The Morgan fingerprint density at radius 1 is 1.41 bits per heavy atom. The highest BCUT2D eigenvalue weighted by atomic mass is 16.5. The van der Waals surface area contributed by atoms with Crippen molar-refractivity contribution in [3.8, 4) is 0 Å². The molecule has 0 aromatic carbocycles. The third-order valence-corrected chi connectivity index (χ3v) is 2.66. The van der Waals surface area contributed by atoms with Gasteiger partial charge in [0.15, 0.2) is 0 Å². The maximum absolute atomic E-state index is 11.8. The fourth-order valence-electron chi connectivity index (χ4n) is 1.61. The quantitative estimate of drug-likeness (QED) is 0.472. The molecule has 3 nitrogen and oxygen atoms in total. The second-order valence-corrected chi connectivity index (χ2v) is 4.55. The van der Waals surface area contributed by atoms with Crippen LogP contribution in [0.5, 0.6) is 0 Å². The van der Waals surface area contributed by atoms with Crippen LogP contribution < -0.4 is 5.32 Å². The summed E-state index contributed by atoms with van der Waals surface area (Å²) in [5, 5.41) is 2.92. The first-order chi connectivity index (χ1) is 8.11. The second kappa shape index (κ2) is 10.3. The van der Waals surface area contributed by atoms with Crippen LogP contribution in [0.2, 0.25) is 0 Å². The summed E-state index contributed by atoms with van der Waals surface area (Å²) in [6.45, 7) is 11.6. The van der Waals surface area contributed by atoms with Gasteiger partial charge in [0, 0.05) is 12.5 Å². The summed E-state index contributed by atoms with van der Waals surface area (Å²) in [6.07, 6.45) is 4.17. The number of hydrogen-bond donors (Lipinski definition) is 1. The van der Waals surface area contributed by atoms with Crippen LogP contribution in [0.1, 0.15) is 46.5 Å². The van der Waals surface area contributed by atoms with Crippen LogP contribution in [0, 0.1) is 5.92 Å². The minimum Gasteiger partial charge on any atom is -0.375 e. The Kier molecular flexibility index (Phi) is 9.83. The fraction of sp³-hybridized carbons (Fsp3) is 0.786. The third-order valence-electron chi connectivity index (χ3n) is 2.66. The van der Waals surface area contributed by atoms with Crippen LogP contribution in [0.3, 0.4) is 0 Å². The first kappa shape index (κ1) is 16.2. The molecule has 3 heteroatoms. The van der Waals surface area contributed by atoms with Crippen LogP contribution in [-0.4, -0.2) is 25.7 Å². The topological polar surface area (TPSA) is 38.3 Å². The molecule has 1 N–H and O–H groups in total. The Morgan fingerprint density at radius 3 is 2.65 bits per heavy atom. The lowest BCUT2D eigenvalue weighted by atomic mass is 9.98. The Bertz CT molecular complexity index is 226. The summed E-state index contributed by atoms with van der Waals surface area (Å²) >= 11 is 0. The van der Waals surface area contributed by atoms with Crippen molar-refractivity contribution in [2.45, 2.75) is 46.5 Å². The minimum atomic E-state index is 0.163. The van der Waals surface area contributed by atoms with E-state index in [1.54, 1.807) is 0 Å². The highest BCUT2D eigenvalue weighted by Crippen LogP contribution is 2.12. The average Bonchev–Trinajstić information content (AvgIpc) is 2.29. The van der Waals surface area contributed by atoms with Gasteiger partial charge in [-0.05, 0) is 19.8 Å². The summed E-state index contributed by atoms with van der Waals surface area (Å²) < 4.78 is 5.33. The zero-order chi connectivity index (χ0) is 13.1.